The fourth-order valence-electron chi connectivity index (χ4n) is 6.83. The van der Waals surface area contributed by atoms with Gasteiger partial charge in [-0.3, -0.25) is 18.6 Å². The molecule has 11 nitrogen and oxygen atoms in total. The summed E-state index contributed by atoms with van der Waals surface area (Å²) in [4.78, 5) is 46.1. The van der Waals surface area contributed by atoms with Crippen molar-refractivity contribution in [2.75, 3.05) is 19.8 Å². The summed E-state index contributed by atoms with van der Waals surface area (Å²) in [6, 6.07) is -1.59. The number of rotatable bonds is 48. The number of carbonyl (C=O) groups is 3. The van der Waals surface area contributed by atoms with E-state index in [-0.39, 0.29) is 12.8 Å². The molecule has 3 unspecified atom stereocenters. The van der Waals surface area contributed by atoms with Crippen molar-refractivity contribution < 1.29 is 47.8 Å². The van der Waals surface area contributed by atoms with Crippen LogP contribution in [-0.2, 0) is 32.7 Å². The van der Waals surface area contributed by atoms with Crippen LogP contribution in [0.2, 0.25) is 0 Å². The lowest BCUT2D eigenvalue weighted by molar-refractivity contribution is -0.147. The fourth-order valence-corrected chi connectivity index (χ4v) is 7.60. The van der Waals surface area contributed by atoms with Gasteiger partial charge >= 0.3 is 19.8 Å². The Kier molecular flexibility index (Phi) is 47.2. The first-order valence-corrected chi connectivity index (χ1v) is 27.8. The Bertz CT molecular complexity index is 1510. The highest BCUT2D eigenvalue weighted by Gasteiger charge is 2.28. The van der Waals surface area contributed by atoms with E-state index in [0.717, 1.165) is 64.2 Å². The number of aliphatic hydroxyl groups is 1. The molecule has 4 N–H and O–H groups in total. The molecule has 0 aromatic rings. The molecule has 0 heterocycles. The number of phosphoric acid groups is 1. The largest absolute Gasteiger partial charge is 0.480 e. The van der Waals surface area contributed by atoms with Gasteiger partial charge in [0.2, 0.25) is 5.91 Å². The minimum absolute atomic E-state index is 0.0600. The SMILES string of the molecule is CC/C=C\C/C=C\C/C=C\C/C=C\C/C=C\C/C=C\C/C=C\CCCC(=O)NC(COP(=O)(O)OCC(O)COC(=O)CCCCCCCCCCCCC/C=C/CCCCCCCC)C(=O)O. The maximum Gasteiger partial charge on any atom is 0.472 e. The number of aliphatic carboxylic acids is 1. The number of unbranched alkanes of at least 4 members (excludes halogenated alkanes) is 18. The summed E-state index contributed by atoms with van der Waals surface area (Å²) < 4.78 is 26.9. The summed E-state index contributed by atoms with van der Waals surface area (Å²) in [5.74, 6) is -2.46. The third-order valence-corrected chi connectivity index (χ3v) is 11.8. The number of aliphatic hydroxyl groups excluding tert-OH is 1. The highest BCUT2D eigenvalue weighted by Crippen LogP contribution is 2.43. The van der Waals surface area contributed by atoms with Gasteiger partial charge in [0.05, 0.1) is 13.2 Å². The molecule has 0 bridgehead atoms. The van der Waals surface area contributed by atoms with Gasteiger partial charge in [-0.25, -0.2) is 9.36 Å². The summed E-state index contributed by atoms with van der Waals surface area (Å²) in [5.41, 5.74) is 0. The molecule has 0 saturated carbocycles. The standard InChI is InChI=1S/C56H94NO10P/c1-3-5-7-9-11-13-15-17-19-21-23-25-26-28-29-31-33-35-37-39-41-43-45-47-54(59)57-53(56(61)62)51-67-68(63,64)66-50-52(58)49-65-55(60)48-46-44-42-40-38-36-34-32-30-27-24-22-20-18-16-14-12-10-8-6-4-2/h5,7,11,13,17-20,23,25,28-29,33,35,39,41,52-53,58H,3-4,6,8-10,12,14-16,21-22,24,26-27,30-32,34,36-38,40,42-51H2,1-2H3,(H,57,59)(H,61,62)(H,63,64)/b7-5-,13-11-,19-17-,20-18+,25-23-,29-28-,35-33-,41-39-. The molecular formula is C56H94NO10P. The van der Waals surface area contributed by atoms with Gasteiger partial charge in [-0.1, -0.05) is 201 Å². The Balaban J connectivity index is 3.93. The van der Waals surface area contributed by atoms with E-state index in [2.05, 4.69) is 104 Å². The molecule has 0 aliphatic heterocycles. The number of phosphoric ester groups is 1. The zero-order chi connectivity index (χ0) is 49.9. The molecule has 0 aliphatic carbocycles. The van der Waals surface area contributed by atoms with Crippen molar-refractivity contribution in [3.63, 3.8) is 0 Å². The first-order valence-electron chi connectivity index (χ1n) is 26.3. The van der Waals surface area contributed by atoms with Gasteiger partial charge in [0.15, 0.2) is 6.04 Å². The van der Waals surface area contributed by atoms with Gasteiger partial charge in [-0.15, -0.1) is 0 Å². The Hall–Kier alpha value is -3.60. The number of esters is 1. The van der Waals surface area contributed by atoms with E-state index in [1.54, 1.807) is 0 Å². The monoisotopic (exact) mass is 972 g/mol. The second-order valence-corrected chi connectivity index (χ2v) is 18.8. The van der Waals surface area contributed by atoms with Crippen LogP contribution in [0.25, 0.3) is 0 Å². The normalized spacial score (nSPS) is 14.3. The number of allylic oxidation sites excluding steroid dienone is 16. The van der Waals surface area contributed by atoms with E-state index in [9.17, 15) is 34.1 Å². The predicted molar refractivity (Wildman–Crippen MR) is 281 cm³/mol. The van der Waals surface area contributed by atoms with Crippen molar-refractivity contribution >= 4 is 25.7 Å². The van der Waals surface area contributed by atoms with E-state index in [0.29, 0.717) is 19.3 Å². The zero-order valence-electron chi connectivity index (χ0n) is 42.4. The van der Waals surface area contributed by atoms with Crippen LogP contribution in [0.4, 0.5) is 0 Å². The summed E-state index contributed by atoms with van der Waals surface area (Å²) in [6.45, 7) is 2.45. The van der Waals surface area contributed by atoms with Crippen LogP contribution in [0.5, 0.6) is 0 Å². The highest BCUT2D eigenvalue weighted by atomic mass is 31.2. The first kappa shape index (κ1) is 64.4. The van der Waals surface area contributed by atoms with Crippen LogP contribution in [0.1, 0.15) is 206 Å². The van der Waals surface area contributed by atoms with Gasteiger partial charge in [0.1, 0.15) is 12.7 Å². The first-order chi connectivity index (χ1) is 33.1. The second kappa shape index (κ2) is 49.8. The number of hydrogen-bond donors (Lipinski definition) is 4. The minimum atomic E-state index is -4.79. The van der Waals surface area contributed by atoms with Crippen molar-refractivity contribution in [1.29, 1.82) is 0 Å². The van der Waals surface area contributed by atoms with Crippen molar-refractivity contribution in [1.82, 2.24) is 5.32 Å². The molecular weight excluding hydrogens is 878 g/mol. The van der Waals surface area contributed by atoms with Crippen molar-refractivity contribution in [2.45, 2.75) is 219 Å². The van der Waals surface area contributed by atoms with Crippen molar-refractivity contribution in [3.05, 3.63) is 97.2 Å². The summed E-state index contributed by atoms with van der Waals surface area (Å²) in [6.07, 6.45) is 64.4. The lowest BCUT2D eigenvalue weighted by Crippen LogP contribution is -2.43. The van der Waals surface area contributed by atoms with Crippen LogP contribution < -0.4 is 5.32 Å². The molecule has 0 aliphatic rings. The van der Waals surface area contributed by atoms with Crippen LogP contribution >= 0.6 is 7.82 Å². The molecule has 3 atom stereocenters. The minimum Gasteiger partial charge on any atom is -0.480 e. The maximum atomic E-state index is 12.4. The molecule has 0 spiro atoms. The van der Waals surface area contributed by atoms with Gasteiger partial charge < -0.3 is 25.2 Å². The predicted octanol–water partition coefficient (Wildman–Crippen LogP) is 14.8. The molecule has 0 saturated heterocycles. The number of nitrogens with one attached hydrogen (secondary N) is 1. The summed E-state index contributed by atoms with van der Waals surface area (Å²) in [5, 5.41) is 21.9. The Morgan fingerprint density at radius 3 is 1.32 bits per heavy atom. The average molecular weight is 972 g/mol. The number of carboxylic acids is 1. The molecule has 0 fully saturated rings. The molecule has 0 aromatic heterocycles. The molecule has 68 heavy (non-hydrogen) atoms. The van der Waals surface area contributed by atoms with Gasteiger partial charge in [-0.2, -0.15) is 0 Å². The number of carbonyl (C=O) groups excluding carboxylic acids is 2. The average Bonchev–Trinajstić information content (AvgIpc) is 3.32. The van der Waals surface area contributed by atoms with E-state index in [1.807, 2.05) is 12.2 Å². The van der Waals surface area contributed by atoms with E-state index in [4.69, 9.17) is 13.8 Å². The lowest BCUT2D eigenvalue weighted by Gasteiger charge is -2.18. The number of amides is 1. The van der Waals surface area contributed by atoms with Gasteiger partial charge in [-0.05, 0) is 89.9 Å². The topological polar surface area (TPSA) is 169 Å². The van der Waals surface area contributed by atoms with Crippen LogP contribution in [0.3, 0.4) is 0 Å². The van der Waals surface area contributed by atoms with Crippen molar-refractivity contribution in [2.24, 2.45) is 0 Å². The van der Waals surface area contributed by atoms with E-state index in [1.165, 1.54) is 96.3 Å². The summed E-state index contributed by atoms with van der Waals surface area (Å²) >= 11 is 0. The van der Waals surface area contributed by atoms with Gasteiger partial charge in [0.25, 0.3) is 0 Å². The van der Waals surface area contributed by atoms with E-state index < -0.39 is 57.6 Å². The summed E-state index contributed by atoms with van der Waals surface area (Å²) in [7, 11) is -4.79. The molecule has 1 amide bonds. The Labute approximate surface area is 413 Å². The second-order valence-electron chi connectivity index (χ2n) is 17.3. The Morgan fingerprint density at radius 1 is 0.485 bits per heavy atom. The number of hydrogen-bond acceptors (Lipinski definition) is 8. The van der Waals surface area contributed by atoms with Gasteiger partial charge in [0, 0.05) is 12.8 Å². The highest BCUT2D eigenvalue weighted by molar-refractivity contribution is 7.47. The maximum absolute atomic E-state index is 12.4. The molecule has 0 radical (unpaired) electrons. The Morgan fingerprint density at radius 2 is 0.868 bits per heavy atom. The lowest BCUT2D eigenvalue weighted by atomic mass is 10.0. The smallest absolute Gasteiger partial charge is 0.472 e. The quantitative estimate of drug-likeness (QED) is 0.0199. The fraction of sp³-hybridized carbons (Fsp3) is 0.661. The third-order valence-electron chi connectivity index (χ3n) is 10.9. The molecule has 388 valence electrons. The molecule has 0 aromatic carbocycles. The van der Waals surface area contributed by atoms with Crippen LogP contribution in [0, 0.1) is 0 Å². The number of carboxylic acid groups (broad SMARTS) is 1. The molecule has 0 rings (SSSR count). The van der Waals surface area contributed by atoms with Crippen molar-refractivity contribution in [3.8, 4) is 0 Å². The number of ether oxygens (including phenoxy) is 1. The van der Waals surface area contributed by atoms with Crippen LogP contribution in [-0.4, -0.2) is 64.9 Å². The van der Waals surface area contributed by atoms with E-state index >= 15 is 0 Å². The van der Waals surface area contributed by atoms with Crippen LogP contribution in [0.15, 0.2) is 97.2 Å². The molecule has 12 heteroatoms. The third kappa shape index (κ3) is 48.8. The zero-order valence-corrected chi connectivity index (χ0v) is 43.3.